The molecule has 4 heteroatoms. The highest BCUT2D eigenvalue weighted by molar-refractivity contribution is 6.01. The number of rotatable bonds is 8. The number of aromatic nitrogens is 1. The number of hydrogen-bond acceptors (Lipinski definition) is 4. The minimum atomic E-state index is 0.813. The molecule has 0 radical (unpaired) electrons. The van der Waals surface area contributed by atoms with E-state index in [1.165, 1.54) is 18.5 Å². The Bertz CT molecular complexity index is 605. The Morgan fingerprint density at radius 1 is 1.14 bits per heavy atom. The van der Waals surface area contributed by atoms with Gasteiger partial charge in [-0.25, -0.2) is 4.98 Å². The van der Waals surface area contributed by atoms with Gasteiger partial charge in [-0.3, -0.25) is 0 Å². The molecule has 0 spiro atoms. The molecule has 1 aromatic heterocycles. The van der Waals surface area contributed by atoms with Gasteiger partial charge in [0.15, 0.2) is 0 Å². The van der Waals surface area contributed by atoms with Gasteiger partial charge < -0.3 is 16.0 Å². The number of pyridine rings is 1. The van der Waals surface area contributed by atoms with E-state index in [1.807, 2.05) is 18.3 Å². The zero-order valence-electron chi connectivity index (χ0n) is 14.0. The molecule has 0 bridgehead atoms. The van der Waals surface area contributed by atoms with Crippen LogP contribution in [0.4, 0.5) is 11.5 Å². The first-order valence-electron chi connectivity index (χ1n) is 8.27. The van der Waals surface area contributed by atoms with Crippen molar-refractivity contribution in [2.75, 3.05) is 37.2 Å². The van der Waals surface area contributed by atoms with E-state index in [1.54, 1.807) is 0 Å². The molecule has 2 aromatic rings. The Labute approximate surface area is 133 Å². The highest BCUT2D eigenvalue weighted by Gasteiger charge is 2.07. The number of hydrogen-bond donors (Lipinski definition) is 2. The maximum absolute atomic E-state index is 6.07. The first kappa shape index (κ1) is 16.6. The van der Waals surface area contributed by atoms with E-state index >= 15 is 0 Å². The maximum atomic E-state index is 6.07. The summed E-state index contributed by atoms with van der Waals surface area (Å²) in [5, 5.41) is 5.71. The van der Waals surface area contributed by atoms with Crippen LogP contribution in [0.3, 0.4) is 0 Å². The van der Waals surface area contributed by atoms with Gasteiger partial charge in [-0.15, -0.1) is 0 Å². The summed E-state index contributed by atoms with van der Waals surface area (Å²) in [7, 11) is 0. The van der Waals surface area contributed by atoms with Gasteiger partial charge >= 0.3 is 0 Å². The number of fused-ring (bicyclic) bond motifs is 1. The van der Waals surface area contributed by atoms with E-state index in [0.29, 0.717) is 0 Å². The van der Waals surface area contributed by atoms with Crippen molar-refractivity contribution in [1.29, 1.82) is 0 Å². The van der Waals surface area contributed by atoms with Crippen molar-refractivity contribution in [3.63, 3.8) is 0 Å². The smallest absolute Gasteiger partial charge is 0.134 e. The second-order valence-electron chi connectivity index (χ2n) is 5.71. The van der Waals surface area contributed by atoms with Gasteiger partial charge in [0, 0.05) is 29.2 Å². The summed E-state index contributed by atoms with van der Waals surface area (Å²) in [6, 6.07) is 6.01. The highest BCUT2D eigenvalue weighted by Crippen LogP contribution is 2.28. The number of unbranched alkanes of at least 4 members (excludes halogenated alkanes) is 1. The van der Waals surface area contributed by atoms with Crippen molar-refractivity contribution < 1.29 is 0 Å². The lowest BCUT2D eigenvalue weighted by Crippen LogP contribution is -2.24. The predicted molar refractivity (Wildman–Crippen MR) is 96.4 cm³/mol. The Morgan fingerprint density at radius 3 is 2.64 bits per heavy atom. The highest BCUT2D eigenvalue weighted by atomic mass is 15.1. The second kappa shape index (κ2) is 7.99. The van der Waals surface area contributed by atoms with Crippen LogP contribution in [-0.2, 0) is 0 Å². The van der Waals surface area contributed by atoms with Crippen LogP contribution in [0.25, 0.3) is 10.8 Å². The van der Waals surface area contributed by atoms with Crippen LogP contribution >= 0.6 is 0 Å². The largest absolute Gasteiger partial charge is 0.398 e. The molecule has 1 heterocycles. The minimum Gasteiger partial charge on any atom is -0.398 e. The van der Waals surface area contributed by atoms with Gasteiger partial charge in [0.2, 0.25) is 0 Å². The molecule has 1 aromatic carbocycles. The fourth-order valence-corrected chi connectivity index (χ4v) is 2.83. The normalized spacial score (nSPS) is 11.3. The molecule has 4 nitrogen and oxygen atoms in total. The molecule has 3 N–H and O–H groups in total. The van der Waals surface area contributed by atoms with Crippen LogP contribution in [0.5, 0.6) is 0 Å². The molecule has 0 aliphatic heterocycles. The Kier molecular flexibility index (Phi) is 6.01. The van der Waals surface area contributed by atoms with E-state index in [4.69, 9.17) is 5.73 Å². The Hall–Kier alpha value is -1.81. The van der Waals surface area contributed by atoms with Crippen LogP contribution in [0.2, 0.25) is 0 Å². The molecule has 0 fully saturated rings. The van der Waals surface area contributed by atoms with Gasteiger partial charge in [-0.2, -0.15) is 0 Å². The summed E-state index contributed by atoms with van der Waals surface area (Å²) in [4.78, 5) is 6.96. The molecular weight excluding hydrogens is 272 g/mol. The lowest BCUT2D eigenvalue weighted by molar-refractivity contribution is 0.298. The standard InChI is InChI=1S/C18H28N4/c1-4-22(5-2)13-7-6-11-20-18-17-14(3)8-9-16(19)15(17)10-12-21-18/h8-10,12H,4-7,11,13,19H2,1-3H3,(H,20,21). The average Bonchev–Trinajstić information content (AvgIpc) is 2.54. The minimum absolute atomic E-state index is 0.813. The molecule has 0 atom stereocenters. The summed E-state index contributed by atoms with van der Waals surface area (Å²) < 4.78 is 0. The molecule has 0 saturated carbocycles. The number of nitrogens with two attached hydrogens (primary N) is 1. The molecule has 0 amide bonds. The fraction of sp³-hybridized carbons (Fsp3) is 0.500. The first-order chi connectivity index (χ1) is 10.7. The quantitative estimate of drug-likeness (QED) is 0.577. The van der Waals surface area contributed by atoms with Gasteiger partial charge in [-0.1, -0.05) is 19.9 Å². The maximum Gasteiger partial charge on any atom is 0.134 e. The van der Waals surface area contributed by atoms with Gasteiger partial charge in [0.05, 0.1) is 0 Å². The van der Waals surface area contributed by atoms with Gasteiger partial charge in [-0.05, 0) is 57.1 Å². The average molecular weight is 300 g/mol. The van der Waals surface area contributed by atoms with E-state index in [2.05, 4.69) is 42.0 Å². The predicted octanol–water partition coefficient (Wildman–Crippen LogP) is 3.66. The lowest BCUT2D eigenvalue weighted by Gasteiger charge is -2.17. The Morgan fingerprint density at radius 2 is 1.91 bits per heavy atom. The zero-order valence-corrected chi connectivity index (χ0v) is 14.0. The summed E-state index contributed by atoms with van der Waals surface area (Å²) in [6.07, 6.45) is 4.19. The van der Waals surface area contributed by atoms with Crippen molar-refractivity contribution >= 4 is 22.3 Å². The SMILES string of the molecule is CCN(CC)CCCCNc1nccc2c(N)ccc(C)c12. The monoisotopic (exact) mass is 300 g/mol. The molecule has 120 valence electrons. The first-order valence-corrected chi connectivity index (χ1v) is 8.27. The molecular formula is C18H28N4. The van der Waals surface area contributed by atoms with E-state index in [-0.39, 0.29) is 0 Å². The Balaban J connectivity index is 1.96. The lowest BCUT2D eigenvalue weighted by atomic mass is 10.1. The van der Waals surface area contributed by atoms with Crippen LogP contribution in [0, 0.1) is 6.92 Å². The van der Waals surface area contributed by atoms with E-state index in [9.17, 15) is 0 Å². The molecule has 0 unspecified atom stereocenters. The number of anilines is 2. The molecule has 2 rings (SSSR count). The number of nitrogens with one attached hydrogen (secondary N) is 1. The zero-order chi connectivity index (χ0) is 15.9. The topological polar surface area (TPSA) is 54.2 Å². The third-order valence-electron chi connectivity index (χ3n) is 4.26. The van der Waals surface area contributed by atoms with Crippen molar-refractivity contribution in [2.45, 2.75) is 33.6 Å². The molecule has 0 aliphatic carbocycles. The van der Waals surface area contributed by atoms with Crippen LogP contribution in [0.15, 0.2) is 24.4 Å². The van der Waals surface area contributed by atoms with Crippen molar-refractivity contribution in [3.05, 3.63) is 30.0 Å². The van der Waals surface area contributed by atoms with Crippen molar-refractivity contribution in [1.82, 2.24) is 9.88 Å². The van der Waals surface area contributed by atoms with Crippen LogP contribution < -0.4 is 11.1 Å². The number of nitrogen functional groups attached to an aromatic ring is 1. The van der Waals surface area contributed by atoms with Crippen LogP contribution in [0.1, 0.15) is 32.3 Å². The molecule has 0 aliphatic rings. The summed E-state index contributed by atoms with van der Waals surface area (Å²) >= 11 is 0. The van der Waals surface area contributed by atoms with Gasteiger partial charge in [0.1, 0.15) is 5.82 Å². The summed E-state index contributed by atoms with van der Waals surface area (Å²) in [5.74, 6) is 0.949. The van der Waals surface area contributed by atoms with Crippen LogP contribution in [-0.4, -0.2) is 36.1 Å². The molecule has 22 heavy (non-hydrogen) atoms. The fourth-order valence-electron chi connectivity index (χ4n) is 2.83. The third kappa shape index (κ3) is 3.89. The second-order valence-corrected chi connectivity index (χ2v) is 5.71. The number of aryl methyl sites for hydroxylation is 1. The summed E-state index contributed by atoms with van der Waals surface area (Å²) in [6.45, 7) is 10.9. The third-order valence-corrected chi connectivity index (χ3v) is 4.26. The van der Waals surface area contributed by atoms with E-state index < -0.39 is 0 Å². The summed E-state index contributed by atoms with van der Waals surface area (Å²) in [5.41, 5.74) is 8.10. The van der Waals surface area contributed by atoms with Gasteiger partial charge in [0.25, 0.3) is 0 Å². The van der Waals surface area contributed by atoms with Crippen molar-refractivity contribution in [2.24, 2.45) is 0 Å². The number of benzene rings is 1. The van der Waals surface area contributed by atoms with Crippen molar-refractivity contribution in [3.8, 4) is 0 Å². The number of nitrogens with zero attached hydrogens (tertiary/aromatic N) is 2. The van der Waals surface area contributed by atoms with E-state index in [0.717, 1.165) is 48.3 Å². The molecule has 0 saturated heterocycles.